The van der Waals surface area contributed by atoms with Crippen molar-refractivity contribution in [3.05, 3.63) is 96.5 Å². The Morgan fingerprint density at radius 1 is 1.07 bits per heavy atom. The number of rotatable bonds is 12. The van der Waals surface area contributed by atoms with Crippen molar-refractivity contribution < 1.29 is 23.4 Å². The summed E-state index contributed by atoms with van der Waals surface area (Å²) in [5.74, 6) is -0.108. The van der Waals surface area contributed by atoms with Crippen molar-refractivity contribution in [2.24, 2.45) is 0 Å². The van der Waals surface area contributed by atoms with E-state index in [4.69, 9.17) is 19.3 Å². The van der Waals surface area contributed by atoms with E-state index in [9.17, 15) is 4.79 Å². The van der Waals surface area contributed by atoms with E-state index in [1.165, 1.54) is 7.11 Å². The molecule has 3 heterocycles. The Kier molecular flexibility index (Phi) is 9.73. The molecule has 1 aliphatic heterocycles. The molecule has 0 spiro atoms. The Morgan fingerprint density at radius 2 is 1.82 bits per heavy atom. The van der Waals surface area contributed by atoms with Crippen molar-refractivity contribution in [2.45, 2.75) is 52.1 Å². The van der Waals surface area contributed by atoms with Crippen LogP contribution in [0.15, 0.2) is 74.0 Å². The number of piperidine rings is 1. The van der Waals surface area contributed by atoms with Gasteiger partial charge in [-0.15, -0.1) is 13.2 Å². The number of benzene rings is 2. The summed E-state index contributed by atoms with van der Waals surface area (Å²) in [7, 11) is 1.41. The molecule has 7 nitrogen and oxygen atoms in total. The average molecular weight is 612 g/mol. The van der Waals surface area contributed by atoms with Gasteiger partial charge in [-0.2, -0.15) is 5.10 Å². The standard InChI is InChI=1S/C37H42FN3O4/c1-7-9-20-44-32-14-13-25(3)35(38)34(32)28-12-10-11-27(21-28)30-23-31-36(40-17-15-37(5,16-18-40)45-19-8-2)29(22-33(42)43-6)26(4)24-41(31)39-30/h7-8,10-14,21,23-24H,1-2,9,15-20,22H2,3-6H3. The van der Waals surface area contributed by atoms with Crippen LogP contribution in [0.4, 0.5) is 10.1 Å². The van der Waals surface area contributed by atoms with Gasteiger partial charge in [-0.1, -0.05) is 36.4 Å². The van der Waals surface area contributed by atoms with Crippen LogP contribution in [-0.4, -0.2) is 54.6 Å². The summed E-state index contributed by atoms with van der Waals surface area (Å²) in [6.45, 7) is 15.9. The van der Waals surface area contributed by atoms with Crippen LogP contribution in [0.5, 0.6) is 5.75 Å². The van der Waals surface area contributed by atoms with Gasteiger partial charge in [0.15, 0.2) is 0 Å². The van der Waals surface area contributed by atoms with Crippen molar-refractivity contribution in [1.29, 1.82) is 0 Å². The number of pyridine rings is 1. The highest BCUT2D eigenvalue weighted by Gasteiger charge is 2.33. The number of nitrogens with zero attached hydrogens (tertiary/aromatic N) is 3. The molecule has 2 aromatic carbocycles. The molecule has 0 unspecified atom stereocenters. The number of halogens is 1. The minimum atomic E-state index is -0.308. The topological polar surface area (TPSA) is 65.3 Å². The second-order valence-electron chi connectivity index (χ2n) is 11.9. The molecule has 1 saturated heterocycles. The number of ether oxygens (including phenoxy) is 3. The van der Waals surface area contributed by atoms with Crippen LogP contribution in [-0.2, 0) is 20.7 Å². The van der Waals surface area contributed by atoms with E-state index in [1.807, 2.05) is 54.0 Å². The molecule has 236 valence electrons. The van der Waals surface area contributed by atoms with Crippen LogP contribution in [0.3, 0.4) is 0 Å². The molecular weight excluding hydrogens is 569 g/mol. The van der Waals surface area contributed by atoms with Gasteiger partial charge in [0.1, 0.15) is 11.6 Å². The molecule has 2 aromatic heterocycles. The highest BCUT2D eigenvalue weighted by Crippen LogP contribution is 2.39. The van der Waals surface area contributed by atoms with Gasteiger partial charge in [0.25, 0.3) is 0 Å². The lowest BCUT2D eigenvalue weighted by Gasteiger charge is -2.41. The van der Waals surface area contributed by atoms with E-state index >= 15 is 4.39 Å². The summed E-state index contributed by atoms with van der Waals surface area (Å²) in [4.78, 5) is 14.9. The molecule has 0 amide bonds. The molecule has 1 aliphatic rings. The van der Waals surface area contributed by atoms with E-state index in [1.54, 1.807) is 25.1 Å². The Bertz CT molecular complexity index is 1720. The van der Waals surface area contributed by atoms with Crippen LogP contribution >= 0.6 is 0 Å². The van der Waals surface area contributed by atoms with Crippen LogP contribution in [0.2, 0.25) is 0 Å². The molecule has 0 N–H and O–H groups in total. The maximum absolute atomic E-state index is 15.6. The number of hydrogen-bond donors (Lipinski definition) is 0. The normalized spacial score (nSPS) is 14.4. The van der Waals surface area contributed by atoms with Crippen molar-refractivity contribution >= 4 is 17.2 Å². The number of aromatic nitrogens is 2. The summed E-state index contributed by atoms with van der Waals surface area (Å²) in [5, 5.41) is 4.97. The van der Waals surface area contributed by atoms with Gasteiger partial charge in [-0.05, 0) is 80.5 Å². The number of carbonyl (C=O) groups excluding carboxylic acids is 1. The van der Waals surface area contributed by atoms with Crippen molar-refractivity contribution in [3.63, 3.8) is 0 Å². The minimum Gasteiger partial charge on any atom is -0.493 e. The van der Waals surface area contributed by atoms with Gasteiger partial charge >= 0.3 is 5.97 Å². The molecule has 4 aromatic rings. The Balaban J connectivity index is 1.58. The fourth-order valence-corrected chi connectivity index (χ4v) is 5.95. The zero-order chi connectivity index (χ0) is 32.1. The fourth-order valence-electron chi connectivity index (χ4n) is 5.95. The maximum atomic E-state index is 15.6. The molecule has 0 aliphatic carbocycles. The first kappa shape index (κ1) is 32.0. The molecule has 45 heavy (non-hydrogen) atoms. The van der Waals surface area contributed by atoms with Gasteiger partial charge < -0.3 is 19.1 Å². The van der Waals surface area contributed by atoms with Gasteiger partial charge in [0.05, 0.1) is 54.8 Å². The highest BCUT2D eigenvalue weighted by molar-refractivity contribution is 5.86. The van der Waals surface area contributed by atoms with Gasteiger partial charge in [0.2, 0.25) is 0 Å². The third kappa shape index (κ3) is 6.81. The van der Waals surface area contributed by atoms with E-state index in [0.29, 0.717) is 42.1 Å². The summed E-state index contributed by atoms with van der Waals surface area (Å²) in [6.07, 6.45) is 8.00. The van der Waals surface area contributed by atoms with Crippen molar-refractivity contribution in [1.82, 2.24) is 9.61 Å². The average Bonchev–Trinajstić information content (AvgIpc) is 3.46. The predicted octanol–water partition coefficient (Wildman–Crippen LogP) is 7.66. The maximum Gasteiger partial charge on any atom is 0.310 e. The molecule has 8 heteroatoms. The Hall–Kier alpha value is -4.43. The quantitative estimate of drug-likeness (QED) is 0.0931. The number of esters is 1. The summed E-state index contributed by atoms with van der Waals surface area (Å²) < 4.78 is 34.6. The SMILES string of the molecule is C=CCCOc1ccc(C)c(F)c1-c1cccc(-c2cc3c(N4CCC(C)(OCC=C)CC4)c(CC(=O)OC)c(C)cn3n2)c1. The lowest BCUT2D eigenvalue weighted by Crippen LogP contribution is -2.45. The fraction of sp³-hybridized carbons (Fsp3) is 0.351. The van der Waals surface area contributed by atoms with E-state index < -0.39 is 0 Å². The summed E-state index contributed by atoms with van der Waals surface area (Å²) in [6, 6.07) is 13.3. The second kappa shape index (κ2) is 13.7. The van der Waals surface area contributed by atoms with E-state index in [-0.39, 0.29) is 23.8 Å². The van der Waals surface area contributed by atoms with Crippen LogP contribution < -0.4 is 9.64 Å². The number of hydrogen-bond acceptors (Lipinski definition) is 6. The molecule has 0 atom stereocenters. The first-order chi connectivity index (χ1) is 21.7. The zero-order valence-electron chi connectivity index (χ0n) is 26.7. The molecule has 0 bridgehead atoms. The number of carbonyl (C=O) groups is 1. The summed E-state index contributed by atoms with van der Waals surface area (Å²) >= 11 is 0. The Labute approximate surface area is 264 Å². The van der Waals surface area contributed by atoms with Gasteiger partial charge in [-0.3, -0.25) is 4.79 Å². The molecule has 0 saturated carbocycles. The monoisotopic (exact) mass is 611 g/mol. The minimum absolute atomic E-state index is 0.159. The smallest absolute Gasteiger partial charge is 0.310 e. The van der Waals surface area contributed by atoms with E-state index in [0.717, 1.165) is 59.5 Å². The Morgan fingerprint density at radius 3 is 2.53 bits per heavy atom. The van der Waals surface area contributed by atoms with Crippen LogP contribution in [0.1, 0.15) is 42.9 Å². The lowest BCUT2D eigenvalue weighted by molar-refractivity contribution is -0.139. The molecular formula is C37H42FN3O4. The zero-order valence-corrected chi connectivity index (χ0v) is 26.7. The first-order valence-electron chi connectivity index (χ1n) is 15.4. The number of fused-ring (bicyclic) bond motifs is 1. The largest absolute Gasteiger partial charge is 0.493 e. The van der Waals surface area contributed by atoms with Gasteiger partial charge in [0, 0.05) is 24.8 Å². The van der Waals surface area contributed by atoms with E-state index in [2.05, 4.69) is 25.0 Å². The third-order valence-corrected chi connectivity index (χ3v) is 8.62. The highest BCUT2D eigenvalue weighted by atomic mass is 19.1. The third-order valence-electron chi connectivity index (χ3n) is 8.62. The van der Waals surface area contributed by atoms with Crippen molar-refractivity contribution in [3.8, 4) is 28.1 Å². The van der Waals surface area contributed by atoms with Gasteiger partial charge in [-0.25, -0.2) is 8.91 Å². The van der Waals surface area contributed by atoms with Crippen molar-refractivity contribution in [2.75, 3.05) is 38.3 Å². The number of methoxy groups -OCH3 is 1. The second-order valence-corrected chi connectivity index (χ2v) is 11.9. The number of anilines is 1. The lowest BCUT2D eigenvalue weighted by atomic mass is 9.92. The molecule has 0 radical (unpaired) electrons. The molecule has 5 rings (SSSR count). The summed E-state index contributed by atoms with van der Waals surface area (Å²) in [5.41, 5.74) is 6.77. The number of aryl methyl sites for hydroxylation is 2. The molecule has 1 fully saturated rings. The van der Waals surface area contributed by atoms with Crippen LogP contribution in [0, 0.1) is 19.7 Å². The first-order valence-corrected chi connectivity index (χ1v) is 15.4. The predicted molar refractivity (Wildman–Crippen MR) is 178 cm³/mol. The van der Waals surface area contributed by atoms with Crippen LogP contribution in [0.25, 0.3) is 27.9 Å².